The van der Waals surface area contributed by atoms with Crippen LogP contribution in [0.1, 0.15) is 22.3 Å². The number of amides is 1. The maximum absolute atomic E-state index is 12.8. The van der Waals surface area contributed by atoms with Gasteiger partial charge in [-0.15, -0.1) is 0 Å². The lowest BCUT2D eigenvalue weighted by Crippen LogP contribution is -2.48. The average Bonchev–Trinajstić information content (AvgIpc) is 3.08. The lowest BCUT2D eigenvalue weighted by Gasteiger charge is -2.34. The highest BCUT2D eigenvalue weighted by Crippen LogP contribution is 2.24. The summed E-state index contributed by atoms with van der Waals surface area (Å²) in [6.45, 7) is 4.53. The fourth-order valence-electron chi connectivity index (χ4n) is 3.83. The molecule has 7 heteroatoms. The van der Waals surface area contributed by atoms with Crippen molar-refractivity contribution in [1.82, 2.24) is 9.80 Å². The van der Waals surface area contributed by atoms with Crippen LogP contribution in [0.3, 0.4) is 0 Å². The van der Waals surface area contributed by atoms with E-state index in [9.17, 15) is 13.2 Å². The second kappa shape index (κ2) is 7.93. The van der Waals surface area contributed by atoms with Gasteiger partial charge in [0.05, 0.1) is 11.4 Å². The Morgan fingerprint density at radius 1 is 0.857 bits per heavy atom. The molecule has 0 aliphatic carbocycles. The number of piperazine rings is 1. The molecule has 2 saturated heterocycles. The maximum Gasteiger partial charge on any atom is 0.253 e. The summed E-state index contributed by atoms with van der Waals surface area (Å²) in [6.07, 6.45) is 0.649. The van der Waals surface area contributed by atoms with E-state index in [0.717, 1.165) is 19.6 Å². The van der Waals surface area contributed by atoms with E-state index in [0.29, 0.717) is 37.3 Å². The van der Waals surface area contributed by atoms with E-state index >= 15 is 0 Å². The van der Waals surface area contributed by atoms with Crippen molar-refractivity contribution in [2.75, 3.05) is 42.8 Å². The van der Waals surface area contributed by atoms with Gasteiger partial charge in [0.1, 0.15) is 0 Å². The highest BCUT2D eigenvalue weighted by Gasteiger charge is 2.28. The molecule has 2 aromatic carbocycles. The minimum absolute atomic E-state index is 0.00944. The van der Waals surface area contributed by atoms with Gasteiger partial charge in [0.15, 0.2) is 0 Å². The van der Waals surface area contributed by atoms with E-state index in [1.54, 1.807) is 24.3 Å². The third-order valence-electron chi connectivity index (χ3n) is 5.41. The number of hydrogen-bond donors (Lipinski definition) is 0. The molecule has 0 spiro atoms. The van der Waals surface area contributed by atoms with Crippen LogP contribution < -0.4 is 4.31 Å². The van der Waals surface area contributed by atoms with Crippen molar-refractivity contribution < 1.29 is 13.2 Å². The van der Waals surface area contributed by atoms with E-state index < -0.39 is 10.0 Å². The number of carbonyl (C=O) groups is 1. The second-order valence-corrected chi connectivity index (χ2v) is 9.36. The van der Waals surface area contributed by atoms with E-state index in [2.05, 4.69) is 17.0 Å². The van der Waals surface area contributed by atoms with Crippen LogP contribution in [0.5, 0.6) is 0 Å². The molecule has 0 saturated carbocycles. The van der Waals surface area contributed by atoms with Gasteiger partial charge >= 0.3 is 0 Å². The monoisotopic (exact) mass is 399 g/mol. The Kier molecular flexibility index (Phi) is 5.37. The van der Waals surface area contributed by atoms with Crippen LogP contribution in [0.4, 0.5) is 5.69 Å². The molecule has 28 heavy (non-hydrogen) atoms. The van der Waals surface area contributed by atoms with Crippen molar-refractivity contribution in [3.05, 3.63) is 65.7 Å². The highest BCUT2D eigenvalue weighted by molar-refractivity contribution is 7.93. The molecule has 2 fully saturated rings. The van der Waals surface area contributed by atoms with Gasteiger partial charge in [-0.05, 0) is 36.2 Å². The van der Waals surface area contributed by atoms with Crippen molar-refractivity contribution in [3.8, 4) is 0 Å². The van der Waals surface area contributed by atoms with E-state index in [1.807, 2.05) is 23.1 Å². The van der Waals surface area contributed by atoms with Gasteiger partial charge in [-0.2, -0.15) is 0 Å². The van der Waals surface area contributed by atoms with E-state index in [4.69, 9.17) is 0 Å². The first-order chi connectivity index (χ1) is 13.5. The molecule has 1 amide bonds. The van der Waals surface area contributed by atoms with Crippen LogP contribution in [-0.4, -0.2) is 62.6 Å². The molecule has 2 aliphatic heterocycles. The molecule has 0 bridgehead atoms. The zero-order valence-electron chi connectivity index (χ0n) is 15.8. The van der Waals surface area contributed by atoms with Gasteiger partial charge in [0.25, 0.3) is 5.91 Å². The summed E-state index contributed by atoms with van der Waals surface area (Å²) in [4.78, 5) is 17.0. The first kappa shape index (κ1) is 19.0. The zero-order chi connectivity index (χ0) is 19.6. The van der Waals surface area contributed by atoms with Crippen molar-refractivity contribution in [2.24, 2.45) is 0 Å². The molecule has 0 unspecified atom stereocenters. The molecular formula is C21H25N3O3S. The van der Waals surface area contributed by atoms with Crippen LogP contribution in [-0.2, 0) is 16.6 Å². The normalized spacial score (nSPS) is 19.7. The lowest BCUT2D eigenvalue weighted by atomic mass is 10.1. The van der Waals surface area contributed by atoms with Gasteiger partial charge in [0.2, 0.25) is 10.0 Å². The van der Waals surface area contributed by atoms with Crippen LogP contribution in [0, 0.1) is 0 Å². The smallest absolute Gasteiger partial charge is 0.253 e. The van der Waals surface area contributed by atoms with E-state index in [-0.39, 0.29) is 11.7 Å². The molecule has 0 aromatic heterocycles. The molecule has 0 atom stereocenters. The van der Waals surface area contributed by atoms with E-state index in [1.165, 1.54) is 9.87 Å². The number of sulfonamides is 1. The Labute approximate surface area is 166 Å². The van der Waals surface area contributed by atoms with Crippen molar-refractivity contribution in [2.45, 2.75) is 13.0 Å². The summed E-state index contributed by atoms with van der Waals surface area (Å²) >= 11 is 0. The summed E-state index contributed by atoms with van der Waals surface area (Å²) in [5.74, 6) is 0.205. The summed E-state index contributed by atoms with van der Waals surface area (Å²) < 4.78 is 25.5. The third-order valence-corrected chi connectivity index (χ3v) is 7.28. The number of benzene rings is 2. The van der Waals surface area contributed by atoms with Crippen LogP contribution >= 0.6 is 0 Å². The van der Waals surface area contributed by atoms with Crippen molar-refractivity contribution in [3.63, 3.8) is 0 Å². The van der Waals surface area contributed by atoms with Crippen LogP contribution in [0.15, 0.2) is 54.6 Å². The van der Waals surface area contributed by atoms with Crippen LogP contribution in [0.25, 0.3) is 0 Å². The second-order valence-electron chi connectivity index (χ2n) is 7.34. The molecule has 2 aromatic rings. The molecular weight excluding hydrogens is 374 g/mol. The number of rotatable bonds is 4. The van der Waals surface area contributed by atoms with Gasteiger partial charge < -0.3 is 4.90 Å². The van der Waals surface area contributed by atoms with Gasteiger partial charge in [0, 0.05) is 44.8 Å². The van der Waals surface area contributed by atoms with Gasteiger partial charge in [-0.3, -0.25) is 14.0 Å². The number of carbonyl (C=O) groups excluding carboxylic acids is 1. The molecule has 6 nitrogen and oxygen atoms in total. The topological polar surface area (TPSA) is 60.9 Å². The van der Waals surface area contributed by atoms with Crippen LogP contribution in [0.2, 0.25) is 0 Å². The fraction of sp³-hybridized carbons (Fsp3) is 0.381. The minimum atomic E-state index is -3.19. The predicted octanol–water partition coefficient (Wildman–Crippen LogP) is 2.18. The number of hydrogen-bond acceptors (Lipinski definition) is 4. The zero-order valence-corrected chi connectivity index (χ0v) is 16.6. The SMILES string of the molecule is O=C(c1ccc(N2CCCS2(=O)=O)cc1)N1CCN(Cc2ccccc2)CC1. The first-order valence-electron chi connectivity index (χ1n) is 9.69. The van der Waals surface area contributed by atoms with Gasteiger partial charge in [-0.1, -0.05) is 30.3 Å². The molecule has 4 rings (SSSR count). The molecule has 0 N–H and O–H groups in total. The minimum Gasteiger partial charge on any atom is -0.336 e. The maximum atomic E-state index is 12.8. The Morgan fingerprint density at radius 3 is 2.14 bits per heavy atom. The highest BCUT2D eigenvalue weighted by atomic mass is 32.2. The quantitative estimate of drug-likeness (QED) is 0.791. The van der Waals surface area contributed by atoms with Gasteiger partial charge in [-0.25, -0.2) is 8.42 Å². The molecule has 148 valence electrons. The predicted molar refractivity (Wildman–Crippen MR) is 110 cm³/mol. The molecule has 0 radical (unpaired) electrons. The Morgan fingerprint density at radius 2 is 1.54 bits per heavy atom. The molecule has 2 aliphatic rings. The summed E-state index contributed by atoms with van der Waals surface area (Å²) in [6, 6.07) is 17.3. The summed E-state index contributed by atoms with van der Waals surface area (Å²) in [7, 11) is -3.19. The standard InChI is InChI=1S/C21H25N3O3S/c25-21(19-7-9-20(10-8-19)24-11-4-16-28(24,26)27)23-14-12-22(13-15-23)17-18-5-2-1-3-6-18/h1-3,5-10H,4,11-17H2. The van der Waals surface area contributed by atoms with Crippen molar-refractivity contribution in [1.29, 1.82) is 0 Å². The Bertz CT molecular complexity index is 921. The number of nitrogens with zero attached hydrogens (tertiary/aromatic N) is 3. The lowest BCUT2D eigenvalue weighted by molar-refractivity contribution is 0.0628. The number of anilines is 1. The largest absolute Gasteiger partial charge is 0.336 e. The van der Waals surface area contributed by atoms with Crippen molar-refractivity contribution >= 4 is 21.6 Å². The summed E-state index contributed by atoms with van der Waals surface area (Å²) in [5.41, 5.74) is 2.54. The summed E-state index contributed by atoms with van der Waals surface area (Å²) in [5, 5.41) is 0. The Hall–Kier alpha value is -2.38. The molecule has 2 heterocycles. The Balaban J connectivity index is 1.35. The first-order valence-corrected chi connectivity index (χ1v) is 11.3. The third kappa shape index (κ3) is 4.05. The average molecular weight is 400 g/mol. The fourth-order valence-corrected chi connectivity index (χ4v) is 5.40.